The lowest BCUT2D eigenvalue weighted by Gasteiger charge is -2.59. The molecule has 1 heterocycles. The molecule has 0 aromatic carbocycles. The van der Waals surface area contributed by atoms with Crippen molar-refractivity contribution in [1.29, 1.82) is 0 Å². The minimum atomic E-state index is -1.07. The Labute approximate surface area is 183 Å². The molecular weight excluding hydrogens is 404 g/mol. The van der Waals surface area contributed by atoms with Crippen LogP contribution in [0.5, 0.6) is 0 Å². The van der Waals surface area contributed by atoms with Crippen LogP contribution in [0, 0.1) is 34.5 Å². The second-order valence-corrected chi connectivity index (χ2v) is 9.95. The van der Waals surface area contributed by atoms with Gasteiger partial charge in [0, 0.05) is 32.5 Å². The number of aliphatic carboxylic acids is 1. The zero-order valence-corrected chi connectivity index (χ0v) is 18.8. The molecule has 2 aliphatic carbocycles. The van der Waals surface area contributed by atoms with Crippen molar-refractivity contribution in [3.05, 3.63) is 0 Å². The first-order valence-corrected chi connectivity index (χ1v) is 11.1. The number of carboxylic acid groups (broad SMARTS) is 1. The third-order valence-electron chi connectivity index (χ3n) is 8.14. The van der Waals surface area contributed by atoms with Crippen molar-refractivity contribution in [2.24, 2.45) is 34.5 Å². The highest BCUT2D eigenvalue weighted by atomic mass is 16.5. The maximum atomic E-state index is 13.7. The van der Waals surface area contributed by atoms with E-state index in [2.05, 4.69) is 0 Å². The minimum absolute atomic E-state index is 0.0718. The van der Waals surface area contributed by atoms with E-state index in [1.807, 2.05) is 13.8 Å². The smallest absolute Gasteiger partial charge is 0.309 e. The van der Waals surface area contributed by atoms with Gasteiger partial charge in [0.25, 0.3) is 0 Å². The van der Waals surface area contributed by atoms with Gasteiger partial charge in [0.05, 0.1) is 18.9 Å². The van der Waals surface area contributed by atoms with Gasteiger partial charge in [0.15, 0.2) is 11.9 Å². The largest absolute Gasteiger partial charge is 0.481 e. The molecule has 0 bridgehead atoms. The van der Waals surface area contributed by atoms with Gasteiger partial charge in [-0.05, 0) is 48.9 Å². The predicted octanol–water partition coefficient (Wildman–Crippen LogP) is 2.62. The van der Waals surface area contributed by atoms with E-state index >= 15 is 0 Å². The molecule has 1 aliphatic heterocycles. The number of carbonyl (C=O) groups is 4. The van der Waals surface area contributed by atoms with Crippen LogP contribution in [0.15, 0.2) is 0 Å². The van der Waals surface area contributed by atoms with Gasteiger partial charge in [0.1, 0.15) is 0 Å². The van der Waals surface area contributed by atoms with Crippen molar-refractivity contribution in [1.82, 2.24) is 0 Å². The van der Waals surface area contributed by atoms with Crippen molar-refractivity contribution >= 4 is 23.7 Å². The number of methoxy groups -OCH3 is 1. The molecule has 0 aromatic heterocycles. The zero-order valence-electron chi connectivity index (χ0n) is 18.8. The number of ether oxygens (including phenoxy) is 3. The Morgan fingerprint density at radius 1 is 1.19 bits per heavy atom. The molecule has 1 N–H and O–H groups in total. The number of hydrogen-bond acceptors (Lipinski definition) is 7. The van der Waals surface area contributed by atoms with Crippen LogP contribution in [0.2, 0.25) is 0 Å². The van der Waals surface area contributed by atoms with E-state index in [-0.39, 0.29) is 12.2 Å². The lowest BCUT2D eigenvalue weighted by molar-refractivity contribution is -0.193. The second-order valence-electron chi connectivity index (χ2n) is 9.95. The highest BCUT2D eigenvalue weighted by Gasteiger charge is 2.65. The molecule has 1 saturated heterocycles. The van der Waals surface area contributed by atoms with Gasteiger partial charge in [-0.25, -0.2) is 0 Å². The molecule has 3 aliphatic rings. The predicted molar refractivity (Wildman–Crippen MR) is 109 cm³/mol. The molecule has 31 heavy (non-hydrogen) atoms. The lowest BCUT2D eigenvalue weighted by atomic mass is 9.43. The maximum Gasteiger partial charge on any atom is 0.309 e. The number of ketones is 1. The monoisotopic (exact) mass is 438 g/mol. The van der Waals surface area contributed by atoms with Crippen molar-refractivity contribution in [3.63, 3.8) is 0 Å². The molecule has 7 atom stereocenters. The molecule has 8 nitrogen and oxygen atoms in total. The normalized spacial score (nSPS) is 40.1. The number of fused-ring (bicyclic) bond motifs is 1. The summed E-state index contributed by atoms with van der Waals surface area (Å²) in [6.07, 6.45) is 2.02. The summed E-state index contributed by atoms with van der Waals surface area (Å²) < 4.78 is 15.9. The number of hydrogen-bond donors (Lipinski definition) is 1. The number of Topliss-reactive ketones (excluding diaryl/α,β-unsaturated/α-hetero) is 1. The topological polar surface area (TPSA) is 116 Å². The van der Waals surface area contributed by atoms with Gasteiger partial charge in [-0.2, -0.15) is 0 Å². The SMILES string of the molecule is COC(=O)[C@@H]1C[C@H](OC(C)=O)C(=O)[C@@H]2[C@@](C)(CCC3CCOC3)[C@H](C(=O)O)CC[C@]21C. The first kappa shape index (κ1) is 23.7. The highest BCUT2D eigenvalue weighted by molar-refractivity contribution is 5.92. The fraction of sp³-hybridized carbons (Fsp3) is 0.826. The van der Waals surface area contributed by atoms with Gasteiger partial charge in [-0.15, -0.1) is 0 Å². The molecule has 3 fully saturated rings. The van der Waals surface area contributed by atoms with Crippen LogP contribution in [-0.4, -0.2) is 55.2 Å². The van der Waals surface area contributed by atoms with E-state index < -0.39 is 52.6 Å². The molecule has 0 amide bonds. The fourth-order valence-electron chi connectivity index (χ4n) is 6.56. The van der Waals surface area contributed by atoms with E-state index in [0.29, 0.717) is 38.4 Å². The first-order chi connectivity index (χ1) is 14.5. The van der Waals surface area contributed by atoms with E-state index in [4.69, 9.17) is 14.2 Å². The average molecular weight is 439 g/mol. The second kappa shape index (κ2) is 8.88. The van der Waals surface area contributed by atoms with E-state index in [9.17, 15) is 24.3 Å². The molecule has 2 saturated carbocycles. The third-order valence-corrected chi connectivity index (χ3v) is 8.14. The van der Waals surface area contributed by atoms with Crippen LogP contribution in [-0.2, 0) is 33.4 Å². The summed E-state index contributed by atoms with van der Waals surface area (Å²) in [5.74, 6) is -3.99. The summed E-state index contributed by atoms with van der Waals surface area (Å²) in [5.41, 5.74) is -1.63. The Morgan fingerprint density at radius 3 is 2.45 bits per heavy atom. The number of rotatable bonds is 6. The summed E-state index contributed by atoms with van der Waals surface area (Å²) in [6.45, 7) is 6.34. The van der Waals surface area contributed by atoms with E-state index in [1.165, 1.54) is 14.0 Å². The molecule has 3 rings (SSSR count). The highest BCUT2D eigenvalue weighted by Crippen LogP contribution is 2.63. The van der Waals surface area contributed by atoms with Crippen LogP contribution in [0.25, 0.3) is 0 Å². The molecule has 0 radical (unpaired) electrons. The molecule has 8 heteroatoms. The molecule has 0 spiro atoms. The number of carboxylic acids is 1. The van der Waals surface area contributed by atoms with Crippen molar-refractivity contribution in [3.8, 4) is 0 Å². The summed E-state index contributed by atoms with van der Waals surface area (Å²) in [7, 11) is 1.31. The quantitative estimate of drug-likeness (QED) is 0.629. The third kappa shape index (κ3) is 4.23. The lowest BCUT2D eigenvalue weighted by Crippen LogP contribution is -2.63. The maximum absolute atomic E-state index is 13.7. The molecule has 0 aromatic rings. The summed E-state index contributed by atoms with van der Waals surface area (Å²) in [4.78, 5) is 50.4. The van der Waals surface area contributed by atoms with Crippen molar-refractivity contribution in [2.45, 2.75) is 65.4 Å². The molecule has 1 unspecified atom stereocenters. The van der Waals surface area contributed by atoms with Crippen LogP contribution < -0.4 is 0 Å². The minimum Gasteiger partial charge on any atom is -0.481 e. The van der Waals surface area contributed by atoms with Crippen LogP contribution in [0.3, 0.4) is 0 Å². The van der Waals surface area contributed by atoms with Crippen molar-refractivity contribution < 1.29 is 38.5 Å². The standard InChI is InChI=1S/C23H34O8/c1-13(24)31-17-11-16(21(28)29-4)23(3)9-6-15(20(26)27)22(2,19(23)18(17)25)8-5-14-7-10-30-12-14/h14-17,19H,5-12H2,1-4H3,(H,26,27)/t14?,15-,16-,17-,19+,22-,23-/m0/s1. The van der Waals surface area contributed by atoms with Gasteiger partial charge in [-0.1, -0.05) is 13.8 Å². The summed E-state index contributed by atoms with van der Waals surface area (Å²) in [5, 5.41) is 10.0. The Hall–Kier alpha value is -1.96. The summed E-state index contributed by atoms with van der Waals surface area (Å²) in [6, 6.07) is 0. The fourth-order valence-corrected chi connectivity index (χ4v) is 6.56. The Morgan fingerprint density at radius 2 is 1.90 bits per heavy atom. The van der Waals surface area contributed by atoms with Gasteiger partial charge in [-0.3, -0.25) is 19.2 Å². The molecule has 174 valence electrons. The Balaban J connectivity index is 2.04. The zero-order chi connectivity index (χ0) is 23.0. The van der Waals surface area contributed by atoms with Gasteiger partial charge in [0.2, 0.25) is 0 Å². The van der Waals surface area contributed by atoms with Crippen LogP contribution >= 0.6 is 0 Å². The van der Waals surface area contributed by atoms with Crippen LogP contribution in [0.4, 0.5) is 0 Å². The summed E-state index contributed by atoms with van der Waals surface area (Å²) >= 11 is 0. The number of carbonyl (C=O) groups excluding carboxylic acids is 3. The van der Waals surface area contributed by atoms with Gasteiger partial charge < -0.3 is 19.3 Å². The Bertz CT molecular complexity index is 742. The number of esters is 2. The van der Waals surface area contributed by atoms with Crippen molar-refractivity contribution in [2.75, 3.05) is 20.3 Å². The first-order valence-electron chi connectivity index (χ1n) is 11.1. The average Bonchev–Trinajstić information content (AvgIpc) is 3.21. The van der Waals surface area contributed by atoms with Crippen LogP contribution in [0.1, 0.15) is 59.3 Å². The molecular formula is C23H34O8. The van der Waals surface area contributed by atoms with E-state index in [0.717, 1.165) is 12.8 Å². The Kier molecular flexibility index (Phi) is 6.79. The van der Waals surface area contributed by atoms with Gasteiger partial charge >= 0.3 is 17.9 Å². The van der Waals surface area contributed by atoms with E-state index in [1.54, 1.807) is 0 Å².